The van der Waals surface area contributed by atoms with Crippen molar-refractivity contribution in [2.75, 3.05) is 6.61 Å². The van der Waals surface area contributed by atoms with E-state index < -0.39 is 72.8 Å². The summed E-state index contributed by atoms with van der Waals surface area (Å²) in [6, 6.07) is 9.04. The maximum Gasteiger partial charge on any atom is 0.331 e. The lowest BCUT2D eigenvalue weighted by Crippen LogP contribution is -2.60. The van der Waals surface area contributed by atoms with E-state index in [1.807, 2.05) is 18.2 Å². The molecule has 0 spiro atoms. The second-order valence-electron chi connectivity index (χ2n) is 9.26. The van der Waals surface area contributed by atoms with Crippen molar-refractivity contribution in [3.05, 3.63) is 54.3 Å². The number of aliphatic hydroxyl groups excluding tert-OH is 5. The third kappa shape index (κ3) is 5.05. The molecule has 2 aliphatic heterocycles. The molecule has 10 atom stereocenters. The highest BCUT2D eigenvalue weighted by molar-refractivity contribution is 5.87. The third-order valence-electron chi connectivity index (χ3n) is 6.75. The predicted octanol–water partition coefficient (Wildman–Crippen LogP) is -1.27. The van der Waals surface area contributed by atoms with Gasteiger partial charge in [-0.3, -0.25) is 0 Å². The molecular formula is C24H30O12. The van der Waals surface area contributed by atoms with Crippen molar-refractivity contribution < 1.29 is 59.4 Å². The molecule has 1 aliphatic carbocycles. The van der Waals surface area contributed by atoms with Gasteiger partial charge >= 0.3 is 5.97 Å². The summed E-state index contributed by atoms with van der Waals surface area (Å²) < 4.78 is 16.3. The Kier molecular flexibility index (Phi) is 7.80. The van der Waals surface area contributed by atoms with Crippen molar-refractivity contribution in [3.63, 3.8) is 0 Å². The Morgan fingerprint density at radius 3 is 2.47 bits per heavy atom. The summed E-state index contributed by atoms with van der Waals surface area (Å²) in [5.41, 5.74) is -2.64. The van der Waals surface area contributed by atoms with Crippen LogP contribution in [-0.4, -0.2) is 97.5 Å². The molecule has 0 bridgehead atoms. The van der Waals surface area contributed by atoms with E-state index in [1.165, 1.54) is 19.1 Å². The lowest BCUT2D eigenvalue weighted by Gasteiger charge is -2.43. The first-order valence-electron chi connectivity index (χ1n) is 11.4. The second kappa shape index (κ2) is 10.5. The van der Waals surface area contributed by atoms with E-state index in [-0.39, 0.29) is 6.42 Å². The Morgan fingerprint density at radius 2 is 1.78 bits per heavy atom. The SMILES string of the molecule is CC1(OC(=O)C=Cc2ccccc2)CC(O)C2(O)C=COC(OOC3OC(CO)C(O)C(O)C3O)C12. The molecule has 2 fully saturated rings. The van der Waals surface area contributed by atoms with E-state index in [1.54, 1.807) is 18.2 Å². The molecule has 1 saturated heterocycles. The molecule has 0 amide bonds. The molecule has 6 N–H and O–H groups in total. The van der Waals surface area contributed by atoms with Crippen LogP contribution in [0.1, 0.15) is 18.9 Å². The maximum absolute atomic E-state index is 12.6. The minimum absolute atomic E-state index is 0.160. The van der Waals surface area contributed by atoms with Crippen molar-refractivity contribution in [1.29, 1.82) is 0 Å². The van der Waals surface area contributed by atoms with Gasteiger partial charge in [0.05, 0.1) is 24.9 Å². The van der Waals surface area contributed by atoms with E-state index in [4.69, 9.17) is 24.0 Å². The fourth-order valence-electron chi connectivity index (χ4n) is 4.83. The molecule has 1 aromatic carbocycles. The fourth-order valence-corrected chi connectivity index (χ4v) is 4.83. The Labute approximate surface area is 206 Å². The van der Waals surface area contributed by atoms with Crippen LogP contribution in [-0.2, 0) is 28.8 Å². The Morgan fingerprint density at radius 1 is 1.08 bits per heavy atom. The van der Waals surface area contributed by atoms with Crippen LogP contribution in [0.15, 0.2) is 48.7 Å². The molecule has 1 saturated carbocycles. The number of fused-ring (bicyclic) bond motifs is 1. The first-order valence-corrected chi connectivity index (χ1v) is 11.4. The molecule has 3 aliphatic rings. The minimum Gasteiger partial charge on any atom is -0.469 e. The third-order valence-corrected chi connectivity index (χ3v) is 6.75. The first-order chi connectivity index (χ1) is 17.1. The van der Waals surface area contributed by atoms with Gasteiger partial charge in [0.2, 0.25) is 12.6 Å². The molecule has 4 rings (SSSR count). The highest BCUT2D eigenvalue weighted by atomic mass is 17.2. The molecule has 0 radical (unpaired) electrons. The minimum atomic E-state index is -1.92. The lowest BCUT2D eigenvalue weighted by atomic mass is 9.81. The van der Waals surface area contributed by atoms with Gasteiger partial charge in [-0.05, 0) is 24.6 Å². The van der Waals surface area contributed by atoms with Crippen LogP contribution in [0.25, 0.3) is 6.08 Å². The predicted molar refractivity (Wildman–Crippen MR) is 119 cm³/mol. The average Bonchev–Trinajstić information content (AvgIpc) is 3.06. The number of rotatable bonds is 7. The van der Waals surface area contributed by atoms with Gasteiger partial charge in [0, 0.05) is 12.5 Å². The van der Waals surface area contributed by atoms with Crippen LogP contribution < -0.4 is 0 Å². The Bertz CT molecular complexity index is 967. The number of aliphatic hydroxyl groups is 6. The number of hydrogen-bond acceptors (Lipinski definition) is 12. The quantitative estimate of drug-likeness (QED) is 0.111. The summed E-state index contributed by atoms with van der Waals surface area (Å²) >= 11 is 0. The normalized spacial score (nSPS) is 42.2. The Hall–Kier alpha value is -2.39. The average molecular weight is 510 g/mol. The highest BCUT2D eigenvalue weighted by Gasteiger charge is 2.66. The number of ether oxygens (including phenoxy) is 3. The van der Waals surface area contributed by atoms with Crippen molar-refractivity contribution in [2.24, 2.45) is 5.92 Å². The molecular weight excluding hydrogens is 480 g/mol. The maximum atomic E-state index is 12.6. The van der Waals surface area contributed by atoms with Gasteiger partial charge in [-0.15, -0.1) is 0 Å². The van der Waals surface area contributed by atoms with Crippen LogP contribution in [0, 0.1) is 5.92 Å². The van der Waals surface area contributed by atoms with Crippen LogP contribution in [0.3, 0.4) is 0 Å². The molecule has 12 nitrogen and oxygen atoms in total. The van der Waals surface area contributed by atoms with Crippen LogP contribution in [0.4, 0.5) is 0 Å². The molecule has 1 aromatic rings. The zero-order valence-electron chi connectivity index (χ0n) is 19.4. The van der Waals surface area contributed by atoms with E-state index >= 15 is 0 Å². The van der Waals surface area contributed by atoms with Gasteiger partial charge < -0.3 is 44.8 Å². The first kappa shape index (κ1) is 26.7. The Balaban J connectivity index is 1.49. The highest BCUT2D eigenvalue weighted by Crippen LogP contribution is 2.51. The summed E-state index contributed by atoms with van der Waals surface area (Å²) in [6.45, 7) is 0.826. The number of esters is 1. The van der Waals surface area contributed by atoms with E-state index in [9.17, 15) is 35.4 Å². The largest absolute Gasteiger partial charge is 0.469 e. The topological polar surface area (TPSA) is 185 Å². The van der Waals surface area contributed by atoms with Crippen molar-refractivity contribution >= 4 is 12.0 Å². The van der Waals surface area contributed by atoms with Gasteiger partial charge in [-0.1, -0.05) is 30.3 Å². The van der Waals surface area contributed by atoms with Gasteiger partial charge in [0.25, 0.3) is 0 Å². The summed E-state index contributed by atoms with van der Waals surface area (Å²) in [5.74, 6) is -1.93. The molecule has 10 unspecified atom stereocenters. The number of carbonyl (C=O) groups is 1. The van der Waals surface area contributed by atoms with E-state index in [2.05, 4.69) is 0 Å². The van der Waals surface area contributed by atoms with Gasteiger partial charge in [-0.25, -0.2) is 4.79 Å². The fraction of sp³-hybridized carbons (Fsp3) is 0.542. The van der Waals surface area contributed by atoms with Gasteiger partial charge in [0.1, 0.15) is 35.6 Å². The summed E-state index contributed by atoms with van der Waals surface area (Å²) in [4.78, 5) is 23.0. The smallest absolute Gasteiger partial charge is 0.331 e. The molecule has 0 aromatic heterocycles. The summed E-state index contributed by atoms with van der Waals surface area (Å²) in [5, 5.41) is 61.2. The second-order valence-corrected chi connectivity index (χ2v) is 9.26. The zero-order valence-corrected chi connectivity index (χ0v) is 19.4. The van der Waals surface area contributed by atoms with Crippen LogP contribution >= 0.6 is 0 Å². The van der Waals surface area contributed by atoms with Crippen molar-refractivity contribution in [2.45, 2.75) is 67.6 Å². The standard InChI is InChI=1S/C24H30O12/c1-23(34-16(27)8-7-13-5-3-2-4-6-13)11-15(26)24(31)9-10-32-22(20(23)24)36-35-21-19(30)18(29)17(28)14(12-25)33-21/h2-10,14-15,17-22,25-26,28-31H,11-12H2,1H3. The van der Waals surface area contributed by atoms with Crippen molar-refractivity contribution in [1.82, 2.24) is 0 Å². The van der Waals surface area contributed by atoms with Crippen LogP contribution in [0.2, 0.25) is 0 Å². The molecule has 12 heteroatoms. The van der Waals surface area contributed by atoms with E-state index in [0.717, 1.165) is 11.8 Å². The van der Waals surface area contributed by atoms with Gasteiger partial charge in [-0.2, -0.15) is 9.78 Å². The number of benzene rings is 1. The monoisotopic (exact) mass is 510 g/mol. The van der Waals surface area contributed by atoms with E-state index in [0.29, 0.717) is 0 Å². The summed E-state index contributed by atoms with van der Waals surface area (Å²) in [6.07, 6.45) is -5.83. The summed E-state index contributed by atoms with van der Waals surface area (Å²) in [7, 11) is 0. The van der Waals surface area contributed by atoms with Crippen molar-refractivity contribution in [3.8, 4) is 0 Å². The van der Waals surface area contributed by atoms with Gasteiger partial charge in [0.15, 0.2) is 0 Å². The molecule has 198 valence electrons. The molecule has 36 heavy (non-hydrogen) atoms. The van der Waals surface area contributed by atoms with Crippen LogP contribution in [0.5, 0.6) is 0 Å². The molecule has 2 heterocycles. The number of carbonyl (C=O) groups excluding carboxylic acids is 1. The lowest BCUT2D eigenvalue weighted by molar-refractivity contribution is -0.474. The number of hydrogen-bond donors (Lipinski definition) is 6. The zero-order chi connectivity index (χ0) is 26.1.